The molecule has 0 aromatic rings. The third-order valence-corrected chi connectivity index (χ3v) is 3.37. The number of ether oxygens (including phenoxy) is 1. The minimum absolute atomic E-state index is 0.0604. The van der Waals surface area contributed by atoms with Crippen molar-refractivity contribution in [1.29, 1.82) is 0 Å². The first-order valence-electron chi connectivity index (χ1n) is 6.01. The summed E-state index contributed by atoms with van der Waals surface area (Å²) in [5.41, 5.74) is 0. The van der Waals surface area contributed by atoms with Crippen molar-refractivity contribution in [3.8, 4) is 0 Å². The fraction of sp³-hybridized carbons (Fsp3) is 0.818. The second-order valence-electron chi connectivity index (χ2n) is 4.16. The lowest BCUT2D eigenvalue weighted by atomic mass is 10.2. The van der Waals surface area contributed by atoms with Gasteiger partial charge in [-0.2, -0.15) is 11.8 Å². The predicted molar refractivity (Wildman–Crippen MR) is 69.9 cm³/mol. The van der Waals surface area contributed by atoms with E-state index in [-0.39, 0.29) is 6.10 Å². The summed E-state index contributed by atoms with van der Waals surface area (Å²) < 4.78 is 5.36. The zero-order valence-corrected chi connectivity index (χ0v) is 11.3. The molecule has 18 heavy (non-hydrogen) atoms. The van der Waals surface area contributed by atoms with Gasteiger partial charge >= 0.3 is 12.0 Å². The van der Waals surface area contributed by atoms with Crippen LogP contribution < -0.4 is 10.6 Å². The molecule has 1 aliphatic heterocycles. The molecule has 1 unspecified atom stereocenters. The fourth-order valence-electron chi connectivity index (χ4n) is 1.71. The minimum Gasteiger partial charge on any atom is -0.480 e. The molecule has 2 amide bonds. The van der Waals surface area contributed by atoms with E-state index >= 15 is 0 Å². The first-order chi connectivity index (χ1) is 8.63. The molecule has 0 bridgehead atoms. The number of aliphatic carboxylic acids is 1. The van der Waals surface area contributed by atoms with Crippen molar-refractivity contribution in [3.05, 3.63) is 0 Å². The zero-order chi connectivity index (χ0) is 13.4. The Balaban J connectivity index is 2.24. The van der Waals surface area contributed by atoms with Crippen LogP contribution in [-0.2, 0) is 9.53 Å². The molecule has 6 nitrogen and oxygen atoms in total. The van der Waals surface area contributed by atoms with Gasteiger partial charge in [-0.1, -0.05) is 0 Å². The summed E-state index contributed by atoms with van der Waals surface area (Å²) in [6.07, 6.45) is 4.33. The first kappa shape index (κ1) is 15.1. The van der Waals surface area contributed by atoms with Crippen molar-refractivity contribution in [1.82, 2.24) is 10.6 Å². The number of nitrogens with one attached hydrogen (secondary N) is 2. The van der Waals surface area contributed by atoms with Crippen LogP contribution in [0.25, 0.3) is 0 Å². The molecule has 1 saturated heterocycles. The zero-order valence-electron chi connectivity index (χ0n) is 10.5. The second kappa shape index (κ2) is 8.20. The number of carboxylic acids is 1. The fourth-order valence-corrected chi connectivity index (χ4v) is 2.19. The van der Waals surface area contributed by atoms with Crippen LogP contribution in [0.2, 0.25) is 0 Å². The Labute approximate surface area is 111 Å². The third-order valence-electron chi connectivity index (χ3n) is 2.73. The average Bonchev–Trinajstić information content (AvgIpc) is 2.84. The molecule has 0 radical (unpaired) electrons. The lowest BCUT2D eigenvalue weighted by molar-refractivity contribution is -0.139. The highest BCUT2D eigenvalue weighted by molar-refractivity contribution is 7.98. The largest absolute Gasteiger partial charge is 0.480 e. The molecule has 3 N–H and O–H groups in total. The van der Waals surface area contributed by atoms with Gasteiger partial charge in [-0.15, -0.1) is 0 Å². The van der Waals surface area contributed by atoms with E-state index in [9.17, 15) is 9.59 Å². The van der Waals surface area contributed by atoms with Crippen LogP contribution in [0, 0.1) is 0 Å². The monoisotopic (exact) mass is 276 g/mol. The van der Waals surface area contributed by atoms with E-state index in [1.165, 1.54) is 0 Å². The topological polar surface area (TPSA) is 87.7 Å². The van der Waals surface area contributed by atoms with Crippen LogP contribution in [0.4, 0.5) is 4.79 Å². The number of hydrogen-bond donors (Lipinski definition) is 3. The van der Waals surface area contributed by atoms with E-state index in [4.69, 9.17) is 9.84 Å². The lowest BCUT2D eigenvalue weighted by Crippen LogP contribution is -2.47. The summed E-state index contributed by atoms with van der Waals surface area (Å²) >= 11 is 1.55. The average molecular weight is 276 g/mol. The molecular weight excluding hydrogens is 256 g/mol. The van der Waals surface area contributed by atoms with Crippen LogP contribution in [-0.4, -0.2) is 54.4 Å². The minimum atomic E-state index is -1.00. The van der Waals surface area contributed by atoms with Gasteiger partial charge in [0.25, 0.3) is 0 Å². The Kier molecular flexibility index (Phi) is 6.89. The van der Waals surface area contributed by atoms with Crippen LogP contribution >= 0.6 is 11.8 Å². The van der Waals surface area contributed by atoms with Crippen molar-refractivity contribution in [2.24, 2.45) is 0 Å². The summed E-state index contributed by atoms with van der Waals surface area (Å²) in [5.74, 6) is -0.306. The van der Waals surface area contributed by atoms with Gasteiger partial charge in [0, 0.05) is 13.2 Å². The van der Waals surface area contributed by atoms with Gasteiger partial charge in [0.15, 0.2) is 0 Å². The number of rotatable bonds is 7. The molecule has 2 atom stereocenters. The van der Waals surface area contributed by atoms with E-state index in [1.54, 1.807) is 11.8 Å². The van der Waals surface area contributed by atoms with Crippen LogP contribution in [0.5, 0.6) is 0 Å². The predicted octanol–water partition coefficient (Wildman–Crippen LogP) is 0.671. The van der Waals surface area contributed by atoms with Crippen LogP contribution in [0.1, 0.15) is 19.3 Å². The van der Waals surface area contributed by atoms with Gasteiger partial charge in [-0.05, 0) is 31.3 Å². The van der Waals surface area contributed by atoms with Gasteiger partial charge in [0.1, 0.15) is 6.04 Å². The number of thioether (sulfide) groups is 1. The second-order valence-corrected chi connectivity index (χ2v) is 5.15. The number of carbonyl (C=O) groups is 2. The molecule has 0 aliphatic carbocycles. The van der Waals surface area contributed by atoms with Crippen molar-refractivity contribution in [2.45, 2.75) is 31.4 Å². The number of hydrogen-bond acceptors (Lipinski definition) is 4. The van der Waals surface area contributed by atoms with Crippen LogP contribution in [0.3, 0.4) is 0 Å². The first-order valence-corrected chi connectivity index (χ1v) is 7.40. The Bertz CT molecular complexity index is 282. The number of carbonyl (C=O) groups excluding carboxylic acids is 1. The maximum atomic E-state index is 11.5. The summed E-state index contributed by atoms with van der Waals surface area (Å²) in [7, 11) is 0. The smallest absolute Gasteiger partial charge is 0.326 e. The Morgan fingerprint density at radius 2 is 2.33 bits per heavy atom. The van der Waals surface area contributed by atoms with E-state index in [1.807, 2.05) is 6.26 Å². The maximum absolute atomic E-state index is 11.5. The molecule has 1 fully saturated rings. The molecular formula is C11H20N2O4S. The number of amides is 2. The molecule has 0 aromatic heterocycles. The Morgan fingerprint density at radius 1 is 1.56 bits per heavy atom. The SMILES string of the molecule is CSCC[C@@H](NC(=O)NCC1CCCO1)C(=O)O. The van der Waals surface area contributed by atoms with Crippen LogP contribution in [0.15, 0.2) is 0 Å². The lowest BCUT2D eigenvalue weighted by Gasteiger charge is -2.16. The van der Waals surface area contributed by atoms with Gasteiger partial charge < -0.3 is 20.5 Å². The maximum Gasteiger partial charge on any atom is 0.326 e. The van der Waals surface area contributed by atoms with Crippen molar-refractivity contribution in [3.63, 3.8) is 0 Å². The molecule has 0 aromatic carbocycles. The normalized spacial score (nSPS) is 20.4. The highest BCUT2D eigenvalue weighted by Crippen LogP contribution is 2.10. The van der Waals surface area contributed by atoms with Gasteiger partial charge in [0.05, 0.1) is 6.10 Å². The molecule has 1 rings (SSSR count). The van der Waals surface area contributed by atoms with Gasteiger partial charge in [-0.3, -0.25) is 0 Å². The molecule has 104 valence electrons. The van der Waals surface area contributed by atoms with E-state index in [0.29, 0.717) is 18.7 Å². The number of urea groups is 1. The van der Waals surface area contributed by atoms with Gasteiger partial charge in [-0.25, -0.2) is 9.59 Å². The molecule has 0 saturated carbocycles. The molecule has 7 heteroatoms. The van der Waals surface area contributed by atoms with E-state index < -0.39 is 18.0 Å². The summed E-state index contributed by atoms with van der Waals surface area (Å²) in [4.78, 5) is 22.5. The standard InChI is InChI=1S/C11H20N2O4S/c1-18-6-4-9(10(14)15)13-11(16)12-7-8-3-2-5-17-8/h8-9H,2-7H2,1H3,(H,14,15)(H2,12,13,16)/t8?,9-/m1/s1. The third kappa shape index (κ3) is 5.59. The van der Waals surface area contributed by atoms with Crippen molar-refractivity contribution in [2.75, 3.05) is 25.2 Å². The van der Waals surface area contributed by atoms with E-state index in [2.05, 4.69) is 10.6 Å². The molecule has 1 heterocycles. The van der Waals surface area contributed by atoms with Gasteiger partial charge in [0.2, 0.25) is 0 Å². The Morgan fingerprint density at radius 3 is 2.89 bits per heavy atom. The van der Waals surface area contributed by atoms with Crippen molar-refractivity contribution < 1.29 is 19.4 Å². The van der Waals surface area contributed by atoms with Crippen molar-refractivity contribution >= 4 is 23.8 Å². The number of carboxylic acid groups (broad SMARTS) is 1. The summed E-state index contributed by atoms with van der Waals surface area (Å²) in [6, 6.07) is -1.28. The highest BCUT2D eigenvalue weighted by Gasteiger charge is 2.20. The van der Waals surface area contributed by atoms with E-state index in [0.717, 1.165) is 19.4 Å². The molecule has 0 spiro atoms. The highest BCUT2D eigenvalue weighted by atomic mass is 32.2. The Hall–Kier alpha value is -0.950. The summed E-state index contributed by atoms with van der Waals surface area (Å²) in [6.45, 7) is 1.17. The molecule has 1 aliphatic rings. The summed E-state index contributed by atoms with van der Waals surface area (Å²) in [5, 5.41) is 14.0. The quantitative estimate of drug-likeness (QED) is 0.636.